The van der Waals surface area contributed by atoms with E-state index in [0.29, 0.717) is 41.1 Å². The molecule has 3 aromatic carbocycles. The van der Waals surface area contributed by atoms with Crippen LogP contribution in [0, 0.1) is 0 Å². The first kappa shape index (κ1) is 21.7. The van der Waals surface area contributed by atoms with E-state index in [-0.39, 0.29) is 5.91 Å². The summed E-state index contributed by atoms with van der Waals surface area (Å²) in [5.41, 5.74) is 9.67. The molecule has 166 valence electrons. The van der Waals surface area contributed by atoms with Crippen molar-refractivity contribution < 1.29 is 14.3 Å². The summed E-state index contributed by atoms with van der Waals surface area (Å²) in [5, 5.41) is 6.36. The second-order valence-electron chi connectivity index (χ2n) is 7.92. The largest absolute Gasteiger partial charge is 0.493 e. The molecule has 6 nitrogen and oxygen atoms in total. The molecule has 0 aromatic heterocycles. The number of ether oxygens (including phenoxy) is 2. The summed E-state index contributed by atoms with van der Waals surface area (Å²) >= 11 is 0. The van der Waals surface area contributed by atoms with Gasteiger partial charge in [-0.1, -0.05) is 36.4 Å². The molecule has 1 amide bonds. The van der Waals surface area contributed by atoms with Crippen molar-refractivity contribution in [3.8, 4) is 22.6 Å². The number of hydrogen-bond acceptors (Lipinski definition) is 5. The zero-order chi connectivity index (χ0) is 22.3. The molecule has 0 aliphatic carbocycles. The monoisotopic (exact) mass is 431 g/mol. The number of nitrogen functional groups attached to an aromatic ring is 1. The number of carbonyl (C=O) groups is 1. The van der Waals surface area contributed by atoms with Gasteiger partial charge in [-0.3, -0.25) is 4.79 Å². The lowest BCUT2D eigenvalue weighted by Crippen LogP contribution is -2.23. The Bertz CT molecular complexity index is 1060. The van der Waals surface area contributed by atoms with Gasteiger partial charge in [0.05, 0.1) is 19.3 Å². The minimum Gasteiger partial charge on any atom is -0.493 e. The molecule has 4 N–H and O–H groups in total. The van der Waals surface area contributed by atoms with Gasteiger partial charge in [-0.25, -0.2) is 0 Å². The van der Waals surface area contributed by atoms with Gasteiger partial charge < -0.3 is 25.8 Å². The maximum Gasteiger partial charge on any atom is 0.257 e. The highest BCUT2D eigenvalue weighted by Gasteiger charge is 2.15. The fourth-order valence-electron chi connectivity index (χ4n) is 3.96. The van der Waals surface area contributed by atoms with Crippen molar-refractivity contribution in [2.45, 2.75) is 25.3 Å². The summed E-state index contributed by atoms with van der Waals surface area (Å²) < 4.78 is 11.4. The van der Waals surface area contributed by atoms with Crippen molar-refractivity contribution in [2.75, 3.05) is 31.3 Å². The predicted molar refractivity (Wildman–Crippen MR) is 128 cm³/mol. The van der Waals surface area contributed by atoms with E-state index >= 15 is 0 Å². The Morgan fingerprint density at radius 2 is 1.91 bits per heavy atom. The minimum atomic E-state index is -0.273. The van der Waals surface area contributed by atoms with Crippen LogP contribution in [0.5, 0.6) is 11.5 Å². The Morgan fingerprint density at radius 3 is 2.62 bits per heavy atom. The lowest BCUT2D eigenvalue weighted by molar-refractivity contribution is 0.102. The highest BCUT2D eigenvalue weighted by atomic mass is 16.5. The van der Waals surface area contributed by atoms with Gasteiger partial charge in [0.2, 0.25) is 0 Å². The van der Waals surface area contributed by atoms with E-state index in [9.17, 15) is 4.79 Å². The standard InChI is InChI=1S/C26H29N3O3/c1-31-25-17-21(10-12-24(25)32-15-13-20-8-5-14-28-20)29-26(30)22-11-9-19(16-23(22)27)18-6-3-2-4-7-18/h2-4,6-7,9-12,16-17,20,28H,5,8,13-15,27H2,1H3,(H,29,30). The molecule has 1 atom stereocenters. The first-order valence-corrected chi connectivity index (χ1v) is 10.9. The van der Waals surface area contributed by atoms with E-state index in [4.69, 9.17) is 15.2 Å². The second kappa shape index (κ2) is 10.2. The van der Waals surface area contributed by atoms with Crippen molar-refractivity contribution in [2.24, 2.45) is 0 Å². The van der Waals surface area contributed by atoms with Gasteiger partial charge in [-0.2, -0.15) is 0 Å². The number of nitrogens with one attached hydrogen (secondary N) is 2. The van der Waals surface area contributed by atoms with Crippen LogP contribution in [0.1, 0.15) is 29.6 Å². The molecular formula is C26H29N3O3. The quantitative estimate of drug-likeness (QED) is 0.450. The lowest BCUT2D eigenvalue weighted by atomic mass is 10.0. The molecule has 0 spiro atoms. The van der Waals surface area contributed by atoms with E-state index in [1.54, 1.807) is 25.3 Å². The average molecular weight is 432 g/mol. The summed E-state index contributed by atoms with van der Waals surface area (Å²) in [6.45, 7) is 1.70. The van der Waals surface area contributed by atoms with Crippen LogP contribution >= 0.6 is 0 Å². The Labute approximate surface area is 188 Å². The lowest BCUT2D eigenvalue weighted by Gasteiger charge is -2.15. The van der Waals surface area contributed by atoms with E-state index in [2.05, 4.69) is 10.6 Å². The van der Waals surface area contributed by atoms with Crippen LogP contribution < -0.4 is 25.8 Å². The predicted octanol–water partition coefficient (Wildman–Crippen LogP) is 4.72. The summed E-state index contributed by atoms with van der Waals surface area (Å²) in [6, 6.07) is 21.3. The normalized spacial score (nSPS) is 15.3. The zero-order valence-electron chi connectivity index (χ0n) is 18.3. The molecule has 6 heteroatoms. The maximum atomic E-state index is 12.8. The molecule has 1 fully saturated rings. The van der Waals surface area contributed by atoms with Crippen molar-refractivity contribution in [1.29, 1.82) is 0 Å². The molecular weight excluding hydrogens is 402 g/mol. The summed E-state index contributed by atoms with van der Waals surface area (Å²) in [4.78, 5) is 12.8. The van der Waals surface area contributed by atoms with E-state index in [1.807, 2.05) is 48.5 Å². The van der Waals surface area contributed by atoms with Gasteiger partial charge in [0, 0.05) is 23.5 Å². The number of rotatable bonds is 8. The number of nitrogens with two attached hydrogens (primary N) is 1. The summed E-state index contributed by atoms with van der Waals surface area (Å²) in [5.74, 6) is 0.968. The molecule has 1 aliphatic heterocycles. The molecule has 32 heavy (non-hydrogen) atoms. The third kappa shape index (κ3) is 5.21. The van der Waals surface area contributed by atoms with Crippen molar-refractivity contribution in [3.05, 3.63) is 72.3 Å². The highest BCUT2D eigenvalue weighted by molar-refractivity contribution is 6.08. The van der Waals surface area contributed by atoms with Crippen molar-refractivity contribution >= 4 is 17.3 Å². The summed E-state index contributed by atoms with van der Waals surface area (Å²) in [6.07, 6.45) is 3.38. The number of hydrogen-bond donors (Lipinski definition) is 3. The Kier molecular flexibility index (Phi) is 6.92. The minimum absolute atomic E-state index is 0.273. The number of carbonyl (C=O) groups excluding carboxylic acids is 1. The molecule has 4 rings (SSSR count). The molecule has 1 saturated heterocycles. The van der Waals surface area contributed by atoms with Gasteiger partial charge in [0.15, 0.2) is 11.5 Å². The van der Waals surface area contributed by atoms with E-state index < -0.39 is 0 Å². The van der Waals surface area contributed by atoms with Gasteiger partial charge in [-0.15, -0.1) is 0 Å². The number of benzene rings is 3. The SMILES string of the molecule is COc1cc(NC(=O)c2ccc(-c3ccccc3)cc2N)ccc1OCCC1CCCN1. The van der Waals surface area contributed by atoms with Crippen LogP contribution in [-0.4, -0.2) is 32.2 Å². The smallest absolute Gasteiger partial charge is 0.257 e. The fraction of sp³-hybridized carbons (Fsp3) is 0.269. The number of amides is 1. The van der Waals surface area contributed by atoms with Crippen molar-refractivity contribution in [3.63, 3.8) is 0 Å². The highest BCUT2D eigenvalue weighted by Crippen LogP contribution is 2.31. The molecule has 1 aliphatic rings. The Morgan fingerprint density at radius 1 is 1.06 bits per heavy atom. The number of anilines is 2. The van der Waals surface area contributed by atoms with Crippen molar-refractivity contribution in [1.82, 2.24) is 5.32 Å². The molecule has 0 saturated carbocycles. The number of methoxy groups -OCH3 is 1. The van der Waals surface area contributed by atoms with E-state index in [1.165, 1.54) is 12.8 Å². The first-order valence-electron chi connectivity index (χ1n) is 10.9. The third-order valence-corrected chi connectivity index (χ3v) is 5.71. The summed E-state index contributed by atoms with van der Waals surface area (Å²) in [7, 11) is 1.59. The average Bonchev–Trinajstić information content (AvgIpc) is 3.34. The van der Waals surface area contributed by atoms with Crippen LogP contribution in [0.15, 0.2) is 66.7 Å². The van der Waals surface area contributed by atoms with Crippen LogP contribution in [0.25, 0.3) is 11.1 Å². The first-order chi connectivity index (χ1) is 15.6. The van der Waals surface area contributed by atoms with Gasteiger partial charge in [0.1, 0.15) is 0 Å². The van der Waals surface area contributed by atoms with Crippen LogP contribution in [0.3, 0.4) is 0 Å². The topological polar surface area (TPSA) is 85.6 Å². The van der Waals surface area contributed by atoms with Gasteiger partial charge in [-0.05, 0) is 61.2 Å². The molecule has 0 radical (unpaired) electrons. The Balaban J connectivity index is 1.41. The van der Waals surface area contributed by atoms with Crippen LogP contribution in [0.2, 0.25) is 0 Å². The van der Waals surface area contributed by atoms with Crippen LogP contribution in [0.4, 0.5) is 11.4 Å². The van der Waals surface area contributed by atoms with E-state index in [0.717, 1.165) is 24.1 Å². The zero-order valence-corrected chi connectivity index (χ0v) is 18.3. The van der Waals surface area contributed by atoms with Gasteiger partial charge in [0.25, 0.3) is 5.91 Å². The van der Waals surface area contributed by atoms with Gasteiger partial charge >= 0.3 is 0 Å². The third-order valence-electron chi connectivity index (χ3n) is 5.71. The fourth-order valence-corrected chi connectivity index (χ4v) is 3.96. The molecule has 3 aromatic rings. The van der Waals surface area contributed by atoms with Crippen LogP contribution in [-0.2, 0) is 0 Å². The second-order valence-corrected chi connectivity index (χ2v) is 7.92. The molecule has 0 bridgehead atoms. The molecule has 1 unspecified atom stereocenters. The Hall–Kier alpha value is -3.51. The maximum absolute atomic E-state index is 12.8. The molecule has 1 heterocycles.